The van der Waals surface area contributed by atoms with Crippen LogP contribution in [0.5, 0.6) is 0 Å². The number of carbonyl (C=O) groups is 3. The maximum Gasteiger partial charge on any atom is 0.335 e. The number of carboxylic acids is 1. The third-order valence-electron chi connectivity index (χ3n) is 5.86. The first-order valence-corrected chi connectivity index (χ1v) is 11.9. The van der Waals surface area contributed by atoms with Crippen molar-refractivity contribution >= 4 is 52.5 Å². The standard InChI is InChI=1S/C29H20ClN3O5/c1-17-23(28(35)33(32-17)21-10-7-18(8-11-21)29(36)37)16-22-12-14-26(38-22)19-9-13-25(30)24(15-19)27(34)31-20-5-3-2-4-6-20/h2-16H,1H3,(H,31,34)(H,36,37)/b23-16-. The zero-order chi connectivity index (χ0) is 26.8. The van der Waals surface area contributed by atoms with E-state index >= 15 is 0 Å². The molecule has 0 fully saturated rings. The molecule has 0 saturated heterocycles. The highest BCUT2D eigenvalue weighted by atomic mass is 35.5. The average Bonchev–Trinajstić information content (AvgIpc) is 3.50. The molecule has 0 radical (unpaired) electrons. The zero-order valence-electron chi connectivity index (χ0n) is 20.0. The van der Waals surface area contributed by atoms with Crippen molar-refractivity contribution in [1.29, 1.82) is 0 Å². The summed E-state index contributed by atoms with van der Waals surface area (Å²) >= 11 is 6.30. The molecule has 8 nitrogen and oxygen atoms in total. The van der Waals surface area contributed by atoms with Crippen molar-refractivity contribution < 1.29 is 23.9 Å². The maximum absolute atomic E-state index is 13.0. The van der Waals surface area contributed by atoms with Gasteiger partial charge in [-0.1, -0.05) is 29.8 Å². The summed E-state index contributed by atoms with van der Waals surface area (Å²) in [7, 11) is 0. The van der Waals surface area contributed by atoms with E-state index in [9.17, 15) is 14.4 Å². The number of hydrogen-bond donors (Lipinski definition) is 2. The van der Waals surface area contributed by atoms with E-state index in [1.54, 1.807) is 55.5 Å². The third-order valence-corrected chi connectivity index (χ3v) is 6.19. The van der Waals surface area contributed by atoms with Crippen LogP contribution in [0.2, 0.25) is 5.02 Å². The van der Waals surface area contributed by atoms with E-state index in [-0.39, 0.29) is 17.4 Å². The van der Waals surface area contributed by atoms with Crippen molar-refractivity contribution in [2.75, 3.05) is 10.3 Å². The third kappa shape index (κ3) is 4.98. The molecule has 0 saturated carbocycles. The van der Waals surface area contributed by atoms with E-state index in [2.05, 4.69) is 10.4 Å². The van der Waals surface area contributed by atoms with Crippen LogP contribution in [0.25, 0.3) is 17.4 Å². The minimum absolute atomic E-state index is 0.114. The quantitative estimate of drug-likeness (QED) is 0.284. The first-order valence-electron chi connectivity index (χ1n) is 11.5. The van der Waals surface area contributed by atoms with E-state index in [4.69, 9.17) is 21.1 Å². The molecule has 0 atom stereocenters. The van der Waals surface area contributed by atoms with E-state index in [0.29, 0.717) is 50.3 Å². The van der Waals surface area contributed by atoms with Gasteiger partial charge < -0.3 is 14.8 Å². The Bertz CT molecular complexity index is 1620. The van der Waals surface area contributed by atoms with Gasteiger partial charge in [0.05, 0.1) is 33.1 Å². The Morgan fingerprint density at radius 3 is 2.45 bits per heavy atom. The van der Waals surface area contributed by atoms with Gasteiger partial charge in [-0.25, -0.2) is 4.79 Å². The summed E-state index contributed by atoms with van der Waals surface area (Å²) < 4.78 is 5.96. The first-order chi connectivity index (χ1) is 18.3. The molecule has 9 heteroatoms. The van der Waals surface area contributed by atoms with Gasteiger partial charge in [-0.05, 0) is 79.7 Å². The Kier molecular flexibility index (Phi) is 6.64. The van der Waals surface area contributed by atoms with Gasteiger partial charge in [0.1, 0.15) is 11.5 Å². The van der Waals surface area contributed by atoms with Gasteiger partial charge in [-0.15, -0.1) is 0 Å². The van der Waals surface area contributed by atoms with Crippen LogP contribution in [-0.2, 0) is 4.79 Å². The predicted molar refractivity (Wildman–Crippen MR) is 146 cm³/mol. The van der Waals surface area contributed by atoms with E-state index in [1.165, 1.54) is 29.3 Å². The highest BCUT2D eigenvalue weighted by Crippen LogP contribution is 2.30. The summed E-state index contributed by atoms with van der Waals surface area (Å²) in [6.07, 6.45) is 1.59. The normalized spacial score (nSPS) is 14.1. The fourth-order valence-electron chi connectivity index (χ4n) is 3.90. The van der Waals surface area contributed by atoms with E-state index in [0.717, 1.165) is 0 Å². The summed E-state index contributed by atoms with van der Waals surface area (Å²) in [6, 6.07) is 23.4. The van der Waals surface area contributed by atoms with Gasteiger partial charge in [0, 0.05) is 11.3 Å². The van der Waals surface area contributed by atoms with Crippen LogP contribution in [0.3, 0.4) is 0 Å². The number of para-hydroxylation sites is 1. The molecule has 0 spiro atoms. The van der Waals surface area contributed by atoms with Crippen molar-refractivity contribution in [3.05, 3.63) is 112 Å². The summed E-state index contributed by atoms with van der Waals surface area (Å²) in [6.45, 7) is 1.70. The monoisotopic (exact) mass is 525 g/mol. The number of carbonyl (C=O) groups excluding carboxylic acids is 2. The number of furan rings is 1. The summed E-state index contributed by atoms with van der Waals surface area (Å²) in [5.74, 6) is -0.857. The second-order valence-corrected chi connectivity index (χ2v) is 8.84. The number of hydrogen-bond acceptors (Lipinski definition) is 5. The highest BCUT2D eigenvalue weighted by Gasteiger charge is 2.29. The fourth-order valence-corrected chi connectivity index (χ4v) is 4.11. The predicted octanol–water partition coefficient (Wildman–Crippen LogP) is 6.36. The first kappa shape index (κ1) is 24.7. The maximum atomic E-state index is 13.0. The minimum Gasteiger partial charge on any atom is -0.478 e. The molecule has 2 N–H and O–H groups in total. The second kappa shape index (κ2) is 10.2. The Labute approximate surface area is 222 Å². The van der Waals surface area contributed by atoms with Crippen molar-refractivity contribution in [3.63, 3.8) is 0 Å². The smallest absolute Gasteiger partial charge is 0.335 e. The van der Waals surface area contributed by atoms with Crippen molar-refractivity contribution in [2.24, 2.45) is 5.10 Å². The number of anilines is 2. The molecule has 0 bridgehead atoms. The molecular weight excluding hydrogens is 506 g/mol. The van der Waals surface area contributed by atoms with Crippen molar-refractivity contribution in [2.45, 2.75) is 6.92 Å². The summed E-state index contributed by atoms with van der Waals surface area (Å²) in [5.41, 5.74) is 2.97. The van der Waals surface area contributed by atoms with Gasteiger partial charge in [-0.2, -0.15) is 10.1 Å². The largest absolute Gasteiger partial charge is 0.478 e. The topological polar surface area (TPSA) is 112 Å². The number of carboxylic acid groups (broad SMARTS) is 1. The molecule has 1 aliphatic heterocycles. The van der Waals surface area contributed by atoms with Gasteiger partial charge in [0.15, 0.2) is 0 Å². The molecule has 1 aliphatic rings. The highest BCUT2D eigenvalue weighted by molar-refractivity contribution is 6.34. The Morgan fingerprint density at radius 1 is 1.00 bits per heavy atom. The van der Waals surface area contributed by atoms with E-state index < -0.39 is 5.97 Å². The minimum atomic E-state index is -1.05. The number of aromatic carboxylic acids is 1. The molecule has 0 aliphatic carbocycles. The number of nitrogens with one attached hydrogen (secondary N) is 1. The molecule has 0 unspecified atom stereocenters. The van der Waals surface area contributed by atoms with Crippen LogP contribution in [0.4, 0.5) is 11.4 Å². The number of rotatable bonds is 6. The van der Waals surface area contributed by atoms with Crippen molar-refractivity contribution in [3.8, 4) is 11.3 Å². The van der Waals surface area contributed by atoms with Crippen LogP contribution in [0.15, 0.2) is 100 Å². The lowest BCUT2D eigenvalue weighted by atomic mass is 10.1. The molecule has 38 heavy (non-hydrogen) atoms. The number of hydrazone groups is 1. The average molecular weight is 526 g/mol. The lowest BCUT2D eigenvalue weighted by Crippen LogP contribution is -2.21. The van der Waals surface area contributed by atoms with Crippen LogP contribution in [0, 0.1) is 0 Å². The lowest BCUT2D eigenvalue weighted by Gasteiger charge is -2.11. The van der Waals surface area contributed by atoms with Gasteiger partial charge in [0.25, 0.3) is 11.8 Å². The lowest BCUT2D eigenvalue weighted by molar-refractivity contribution is -0.114. The van der Waals surface area contributed by atoms with Gasteiger partial charge in [0.2, 0.25) is 0 Å². The molecule has 2 amide bonds. The van der Waals surface area contributed by atoms with Gasteiger partial charge >= 0.3 is 5.97 Å². The summed E-state index contributed by atoms with van der Waals surface area (Å²) in [5, 5.41) is 17.7. The Balaban J connectivity index is 1.36. The van der Waals surface area contributed by atoms with Crippen LogP contribution in [-0.4, -0.2) is 28.6 Å². The molecule has 5 rings (SSSR count). The summed E-state index contributed by atoms with van der Waals surface area (Å²) in [4.78, 5) is 37.0. The fraction of sp³-hybridized carbons (Fsp3) is 0.0345. The molecular formula is C29H20ClN3O5. The SMILES string of the molecule is CC1=NN(c2ccc(C(=O)O)cc2)C(=O)/C1=C\c1ccc(-c2ccc(Cl)c(C(=O)Nc3ccccc3)c2)o1. The van der Waals surface area contributed by atoms with E-state index in [1.807, 2.05) is 18.2 Å². The number of amides is 2. The van der Waals surface area contributed by atoms with Crippen LogP contribution >= 0.6 is 11.6 Å². The molecule has 3 aromatic carbocycles. The molecule has 188 valence electrons. The molecule has 1 aromatic heterocycles. The van der Waals surface area contributed by atoms with Crippen LogP contribution < -0.4 is 10.3 Å². The number of benzene rings is 3. The number of nitrogens with zero attached hydrogens (tertiary/aromatic N) is 2. The Hall–Kier alpha value is -4.95. The molecule has 4 aromatic rings. The molecule has 2 heterocycles. The van der Waals surface area contributed by atoms with Gasteiger partial charge in [-0.3, -0.25) is 9.59 Å². The number of halogens is 1. The second-order valence-electron chi connectivity index (χ2n) is 8.43. The van der Waals surface area contributed by atoms with Crippen molar-refractivity contribution in [1.82, 2.24) is 0 Å². The Morgan fingerprint density at radius 2 is 1.74 bits per heavy atom. The zero-order valence-corrected chi connectivity index (χ0v) is 20.8. The van der Waals surface area contributed by atoms with Crippen LogP contribution in [0.1, 0.15) is 33.4 Å².